The molecule has 1 amide bonds. The smallest absolute Gasteiger partial charge is 0.288 e. The second-order valence-electron chi connectivity index (χ2n) is 6.98. The normalized spacial score (nSPS) is 16.3. The van der Waals surface area contributed by atoms with Gasteiger partial charge in [-0.2, -0.15) is 0 Å². The van der Waals surface area contributed by atoms with Gasteiger partial charge >= 0.3 is 0 Å². The summed E-state index contributed by atoms with van der Waals surface area (Å²) in [6, 6.07) is 7.64. The Bertz CT molecular complexity index is 1140. The van der Waals surface area contributed by atoms with Gasteiger partial charge in [-0.25, -0.2) is 4.39 Å². The van der Waals surface area contributed by atoms with Crippen molar-refractivity contribution >= 4 is 57.8 Å². The summed E-state index contributed by atoms with van der Waals surface area (Å²) >= 11 is 17.4. The lowest BCUT2D eigenvalue weighted by molar-refractivity contribution is -0.384. The highest BCUT2D eigenvalue weighted by Gasteiger charge is 2.36. The van der Waals surface area contributed by atoms with Gasteiger partial charge in [0.15, 0.2) is 5.11 Å². The number of rotatable bonds is 4. The summed E-state index contributed by atoms with van der Waals surface area (Å²) < 4.78 is 13.7. The van der Waals surface area contributed by atoms with E-state index in [-0.39, 0.29) is 26.8 Å². The Morgan fingerprint density at radius 3 is 2.48 bits per heavy atom. The Balaban J connectivity index is 2.20. The number of halogens is 3. The molecule has 3 rings (SSSR count). The molecule has 1 aliphatic rings. The predicted molar refractivity (Wildman–Crippen MR) is 122 cm³/mol. The van der Waals surface area contributed by atoms with Crippen LogP contribution in [0.15, 0.2) is 47.7 Å². The molecular weight excluding hydrogens is 466 g/mol. The molecule has 1 aliphatic heterocycles. The Labute approximate surface area is 193 Å². The fraction of sp³-hybridized carbons (Fsp3) is 0.200. The molecule has 0 fully saturated rings. The number of nitro benzene ring substituents is 1. The number of anilines is 1. The minimum Gasteiger partial charge on any atom is -0.351 e. The number of carbonyl (C=O) groups excluding carboxylic acids is 1. The number of amides is 1. The molecule has 0 aromatic heterocycles. The molecule has 2 aromatic carbocycles. The predicted octanol–water partition coefficient (Wildman–Crippen LogP) is 4.84. The maximum atomic E-state index is 13.7. The molecular formula is C20H17Cl2FN4O3S. The van der Waals surface area contributed by atoms with Crippen molar-refractivity contribution in [1.82, 2.24) is 10.2 Å². The van der Waals surface area contributed by atoms with Gasteiger partial charge in [-0.3, -0.25) is 19.8 Å². The molecule has 11 heteroatoms. The largest absolute Gasteiger partial charge is 0.351 e. The number of hydrogen-bond donors (Lipinski definition) is 1. The van der Waals surface area contributed by atoms with Crippen LogP contribution in [0, 0.1) is 15.9 Å². The van der Waals surface area contributed by atoms with E-state index in [1.807, 2.05) is 0 Å². The standard InChI is InChI=1S/C20H17Cl2FN4O3S/c1-10-17(19(28)25(2)3)18(11-4-6-13(21)16(8-11)27(29)30)24-20(31)26(10)12-5-7-15(23)14(22)9-12/h4-9,18H,1-3H3,(H,24,31). The lowest BCUT2D eigenvalue weighted by atomic mass is 9.93. The zero-order valence-corrected chi connectivity index (χ0v) is 19.0. The summed E-state index contributed by atoms with van der Waals surface area (Å²) in [5.74, 6) is -0.910. The van der Waals surface area contributed by atoms with Gasteiger partial charge in [-0.15, -0.1) is 0 Å². The first kappa shape index (κ1) is 22.9. The van der Waals surface area contributed by atoms with Crippen LogP contribution in [0.3, 0.4) is 0 Å². The number of allylic oxidation sites excluding steroid dienone is 1. The van der Waals surface area contributed by atoms with Gasteiger partial charge in [-0.1, -0.05) is 29.3 Å². The zero-order valence-electron chi connectivity index (χ0n) is 16.6. The molecule has 1 N–H and O–H groups in total. The first-order chi connectivity index (χ1) is 14.5. The Morgan fingerprint density at radius 2 is 1.90 bits per heavy atom. The summed E-state index contributed by atoms with van der Waals surface area (Å²) in [6.45, 7) is 1.69. The minimum absolute atomic E-state index is 0.0177. The fourth-order valence-corrected chi connectivity index (χ4v) is 4.02. The first-order valence-electron chi connectivity index (χ1n) is 8.94. The average molecular weight is 483 g/mol. The van der Waals surface area contributed by atoms with Crippen molar-refractivity contribution in [2.75, 3.05) is 19.0 Å². The molecule has 31 heavy (non-hydrogen) atoms. The van der Waals surface area contributed by atoms with Crippen molar-refractivity contribution in [3.63, 3.8) is 0 Å². The lowest BCUT2D eigenvalue weighted by Crippen LogP contribution is -2.49. The number of thiocarbonyl (C=S) groups is 1. The molecule has 0 saturated carbocycles. The monoisotopic (exact) mass is 482 g/mol. The summed E-state index contributed by atoms with van der Waals surface area (Å²) in [6.07, 6.45) is 0. The quantitative estimate of drug-likeness (QED) is 0.381. The average Bonchev–Trinajstić information content (AvgIpc) is 2.69. The highest BCUT2D eigenvalue weighted by molar-refractivity contribution is 7.80. The lowest BCUT2D eigenvalue weighted by Gasteiger charge is -2.38. The topological polar surface area (TPSA) is 78.7 Å². The molecule has 162 valence electrons. The zero-order chi connectivity index (χ0) is 23.0. The third-order valence-electron chi connectivity index (χ3n) is 4.78. The van der Waals surface area contributed by atoms with Crippen LogP contribution >= 0.6 is 35.4 Å². The van der Waals surface area contributed by atoms with Crippen LogP contribution in [-0.4, -0.2) is 34.9 Å². The second-order valence-corrected chi connectivity index (χ2v) is 8.18. The SMILES string of the molecule is CC1=C(C(=O)N(C)C)C(c2ccc(Cl)c([N+](=O)[O-])c2)NC(=S)N1c1ccc(F)c(Cl)c1. The van der Waals surface area contributed by atoms with E-state index in [0.717, 1.165) is 0 Å². The van der Waals surface area contributed by atoms with Gasteiger partial charge in [0, 0.05) is 31.5 Å². The van der Waals surface area contributed by atoms with Crippen LogP contribution in [0.25, 0.3) is 0 Å². The summed E-state index contributed by atoms with van der Waals surface area (Å²) in [5.41, 5.74) is 1.42. The van der Waals surface area contributed by atoms with E-state index >= 15 is 0 Å². The molecule has 2 aromatic rings. The minimum atomic E-state index is -0.759. The van der Waals surface area contributed by atoms with Crippen molar-refractivity contribution in [2.24, 2.45) is 0 Å². The van der Waals surface area contributed by atoms with Crippen LogP contribution in [0.5, 0.6) is 0 Å². The maximum Gasteiger partial charge on any atom is 0.288 e. The van der Waals surface area contributed by atoms with Crippen molar-refractivity contribution in [3.05, 3.63) is 79.2 Å². The van der Waals surface area contributed by atoms with E-state index in [2.05, 4.69) is 5.32 Å². The summed E-state index contributed by atoms with van der Waals surface area (Å²) in [7, 11) is 3.19. The number of nitrogens with one attached hydrogen (secondary N) is 1. The van der Waals surface area contributed by atoms with E-state index < -0.39 is 16.8 Å². The maximum absolute atomic E-state index is 13.7. The van der Waals surface area contributed by atoms with E-state index in [1.165, 1.54) is 35.2 Å². The molecule has 0 saturated heterocycles. The molecule has 0 bridgehead atoms. The number of nitrogens with zero attached hydrogens (tertiary/aromatic N) is 3. The summed E-state index contributed by atoms with van der Waals surface area (Å²) in [4.78, 5) is 26.8. The first-order valence-corrected chi connectivity index (χ1v) is 10.1. The van der Waals surface area contributed by atoms with Gasteiger partial charge in [-0.05, 0) is 49.0 Å². The van der Waals surface area contributed by atoms with Gasteiger partial charge in [0.25, 0.3) is 11.6 Å². The van der Waals surface area contributed by atoms with Crippen molar-refractivity contribution in [3.8, 4) is 0 Å². The van der Waals surface area contributed by atoms with Crippen molar-refractivity contribution in [2.45, 2.75) is 13.0 Å². The van der Waals surface area contributed by atoms with Crippen LogP contribution in [0.1, 0.15) is 18.5 Å². The number of hydrogen-bond acceptors (Lipinski definition) is 4. The third-order valence-corrected chi connectivity index (χ3v) is 5.69. The molecule has 7 nitrogen and oxygen atoms in total. The van der Waals surface area contributed by atoms with Crippen LogP contribution in [0.4, 0.5) is 15.8 Å². The number of nitro groups is 1. The van der Waals surface area contributed by atoms with Crippen LogP contribution in [-0.2, 0) is 4.79 Å². The van der Waals surface area contributed by atoms with E-state index in [1.54, 1.807) is 32.0 Å². The molecule has 1 unspecified atom stereocenters. The van der Waals surface area contributed by atoms with Crippen molar-refractivity contribution < 1.29 is 14.1 Å². The Kier molecular flexibility index (Phi) is 6.49. The highest BCUT2D eigenvalue weighted by atomic mass is 35.5. The molecule has 0 spiro atoms. The van der Waals surface area contributed by atoms with Gasteiger partial charge in [0.2, 0.25) is 0 Å². The fourth-order valence-electron chi connectivity index (χ4n) is 3.30. The Morgan fingerprint density at radius 1 is 1.23 bits per heavy atom. The van der Waals surface area contributed by atoms with Gasteiger partial charge < -0.3 is 10.2 Å². The second kappa shape index (κ2) is 8.78. The van der Waals surface area contributed by atoms with Gasteiger partial charge in [0.05, 0.1) is 21.6 Å². The van der Waals surface area contributed by atoms with E-state index in [4.69, 9.17) is 35.4 Å². The van der Waals surface area contributed by atoms with Gasteiger partial charge in [0.1, 0.15) is 10.8 Å². The molecule has 0 aliphatic carbocycles. The van der Waals surface area contributed by atoms with E-state index in [0.29, 0.717) is 22.5 Å². The Hall–Kier alpha value is -2.75. The summed E-state index contributed by atoms with van der Waals surface area (Å²) in [5, 5.41) is 14.5. The van der Waals surface area contributed by atoms with Crippen molar-refractivity contribution in [1.29, 1.82) is 0 Å². The molecule has 0 radical (unpaired) electrons. The number of likely N-dealkylation sites (N-methyl/N-ethyl adjacent to an activating group) is 1. The molecule has 1 atom stereocenters. The van der Waals surface area contributed by atoms with Crippen LogP contribution < -0.4 is 10.2 Å². The van der Waals surface area contributed by atoms with Crippen LogP contribution in [0.2, 0.25) is 10.0 Å². The number of benzene rings is 2. The van der Waals surface area contributed by atoms with E-state index in [9.17, 15) is 19.3 Å². The molecule has 1 heterocycles. The third kappa shape index (κ3) is 4.34. The number of carbonyl (C=O) groups is 1. The highest BCUT2D eigenvalue weighted by Crippen LogP contribution is 2.37.